The minimum atomic E-state index is -0.0331. The van der Waals surface area contributed by atoms with Crippen LogP contribution in [0.4, 0.5) is 0 Å². The van der Waals surface area contributed by atoms with E-state index < -0.39 is 0 Å². The van der Waals surface area contributed by atoms with Crippen LogP contribution in [0.3, 0.4) is 0 Å². The number of nitrogens with zero attached hydrogens (tertiary/aromatic N) is 2. The zero-order valence-corrected chi connectivity index (χ0v) is 10.8. The Bertz CT molecular complexity index is 359. The molecular formula is C13H21N3O. The lowest BCUT2D eigenvalue weighted by molar-refractivity contribution is 0.0783. The van der Waals surface area contributed by atoms with Crippen molar-refractivity contribution >= 4 is 5.91 Å². The smallest absolute Gasteiger partial charge is 0.272 e. The average Bonchev–Trinajstić information content (AvgIpc) is 2.35. The number of aromatic nitrogens is 1. The number of pyridine rings is 1. The fourth-order valence-electron chi connectivity index (χ4n) is 1.42. The molecule has 0 saturated heterocycles. The van der Waals surface area contributed by atoms with Crippen LogP contribution in [0, 0.1) is 5.92 Å². The molecule has 4 nitrogen and oxygen atoms in total. The van der Waals surface area contributed by atoms with Crippen molar-refractivity contribution in [1.29, 1.82) is 0 Å². The maximum atomic E-state index is 12.0. The Balaban J connectivity index is 2.61. The van der Waals surface area contributed by atoms with Gasteiger partial charge in [-0.15, -0.1) is 0 Å². The number of hydrogen-bond donors (Lipinski definition) is 1. The third-order valence-corrected chi connectivity index (χ3v) is 2.67. The Morgan fingerprint density at radius 3 is 2.65 bits per heavy atom. The number of rotatable bonds is 5. The molecule has 4 heteroatoms. The van der Waals surface area contributed by atoms with Crippen molar-refractivity contribution in [1.82, 2.24) is 9.88 Å². The van der Waals surface area contributed by atoms with Crippen LogP contribution in [-0.4, -0.2) is 29.4 Å². The van der Waals surface area contributed by atoms with E-state index in [1.807, 2.05) is 13.1 Å². The van der Waals surface area contributed by atoms with E-state index in [1.165, 1.54) is 0 Å². The maximum Gasteiger partial charge on any atom is 0.272 e. The molecule has 1 aromatic heterocycles. The Morgan fingerprint density at radius 1 is 1.47 bits per heavy atom. The zero-order chi connectivity index (χ0) is 12.8. The molecule has 0 atom stereocenters. The molecule has 0 saturated carbocycles. The van der Waals surface area contributed by atoms with Crippen LogP contribution in [-0.2, 0) is 6.54 Å². The topological polar surface area (TPSA) is 59.2 Å². The van der Waals surface area contributed by atoms with Gasteiger partial charge in [0.25, 0.3) is 5.91 Å². The summed E-state index contributed by atoms with van der Waals surface area (Å²) in [6.07, 6.45) is 2.66. The molecule has 1 amide bonds. The summed E-state index contributed by atoms with van der Waals surface area (Å²) in [4.78, 5) is 17.8. The van der Waals surface area contributed by atoms with Gasteiger partial charge in [-0.25, -0.2) is 0 Å². The van der Waals surface area contributed by atoms with E-state index >= 15 is 0 Å². The van der Waals surface area contributed by atoms with E-state index in [9.17, 15) is 4.79 Å². The lowest BCUT2D eigenvalue weighted by Gasteiger charge is -2.17. The van der Waals surface area contributed by atoms with E-state index in [2.05, 4.69) is 18.8 Å². The van der Waals surface area contributed by atoms with Crippen LogP contribution >= 0.6 is 0 Å². The monoisotopic (exact) mass is 235 g/mol. The van der Waals surface area contributed by atoms with Gasteiger partial charge in [0, 0.05) is 26.3 Å². The SMILES string of the molecule is CC(C)CCN(C)C(=O)c1ccc(CN)cn1. The van der Waals surface area contributed by atoms with Gasteiger partial charge in [-0.3, -0.25) is 9.78 Å². The largest absolute Gasteiger partial charge is 0.340 e. The van der Waals surface area contributed by atoms with Gasteiger partial charge in [-0.2, -0.15) is 0 Å². The van der Waals surface area contributed by atoms with Crippen molar-refractivity contribution in [2.75, 3.05) is 13.6 Å². The quantitative estimate of drug-likeness (QED) is 0.844. The van der Waals surface area contributed by atoms with E-state index in [-0.39, 0.29) is 5.91 Å². The first kappa shape index (κ1) is 13.6. The molecule has 1 aromatic rings. The van der Waals surface area contributed by atoms with Gasteiger partial charge in [0.15, 0.2) is 0 Å². The summed E-state index contributed by atoms with van der Waals surface area (Å²) in [6, 6.07) is 3.58. The highest BCUT2D eigenvalue weighted by Gasteiger charge is 2.12. The molecule has 94 valence electrons. The highest BCUT2D eigenvalue weighted by atomic mass is 16.2. The van der Waals surface area contributed by atoms with Crippen molar-refractivity contribution in [3.63, 3.8) is 0 Å². The van der Waals surface area contributed by atoms with Crippen LogP contribution in [0.15, 0.2) is 18.3 Å². The van der Waals surface area contributed by atoms with Crippen molar-refractivity contribution in [2.24, 2.45) is 11.7 Å². The summed E-state index contributed by atoms with van der Waals surface area (Å²) in [7, 11) is 1.81. The van der Waals surface area contributed by atoms with E-state index in [0.29, 0.717) is 18.2 Å². The second-order valence-corrected chi connectivity index (χ2v) is 4.67. The summed E-state index contributed by atoms with van der Waals surface area (Å²) in [6.45, 7) is 5.50. The van der Waals surface area contributed by atoms with Crippen LogP contribution < -0.4 is 5.73 Å². The Hall–Kier alpha value is -1.42. The first-order chi connectivity index (χ1) is 8.04. The standard InChI is InChI=1S/C13H21N3O/c1-10(2)6-7-16(3)13(17)12-5-4-11(8-14)9-15-12/h4-5,9-10H,6-8,14H2,1-3H3. The molecule has 1 heterocycles. The number of carbonyl (C=O) groups is 1. The molecule has 0 aliphatic carbocycles. The van der Waals surface area contributed by atoms with Crippen LogP contribution in [0.2, 0.25) is 0 Å². The predicted octanol–water partition coefficient (Wildman–Crippen LogP) is 1.66. The first-order valence-corrected chi connectivity index (χ1v) is 5.95. The second kappa shape index (κ2) is 6.35. The minimum absolute atomic E-state index is 0.0331. The number of amides is 1. The van der Waals surface area contributed by atoms with E-state index in [0.717, 1.165) is 18.5 Å². The molecule has 0 aliphatic rings. The van der Waals surface area contributed by atoms with Crippen molar-refractivity contribution in [3.05, 3.63) is 29.6 Å². The van der Waals surface area contributed by atoms with Crippen LogP contribution in [0.1, 0.15) is 36.3 Å². The summed E-state index contributed by atoms with van der Waals surface area (Å²) in [5.74, 6) is 0.562. The Kier molecular flexibility index (Phi) is 5.10. The molecular weight excluding hydrogens is 214 g/mol. The lowest BCUT2D eigenvalue weighted by atomic mass is 10.1. The average molecular weight is 235 g/mol. The molecule has 0 radical (unpaired) electrons. The van der Waals surface area contributed by atoms with Crippen molar-refractivity contribution in [2.45, 2.75) is 26.8 Å². The molecule has 0 unspecified atom stereocenters. The van der Waals surface area contributed by atoms with Gasteiger partial charge in [0.05, 0.1) is 0 Å². The highest BCUT2D eigenvalue weighted by Crippen LogP contribution is 2.06. The summed E-state index contributed by atoms with van der Waals surface area (Å²) < 4.78 is 0. The fourth-order valence-corrected chi connectivity index (χ4v) is 1.42. The van der Waals surface area contributed by atoms with Gasteiger partial charge >= 0.3 is 0 Å². The molecule has 0 fully saturated rings. The third kappa shape index (κ3) is 4.15. The van der Waals surface area contributed by atoms with Gasteiger partial charge in [-0.05, 0) is 24.0 Å². The molecule has 0 spiro atoms. The van der Waals surface area contributed by atoms with Gasteiger partial charge in [-0.1, -0.05) is 19.9 Å². The van der Waals surface area contributed by atoms with Gasteiger partial charge in [0.2, 0.25) is 0 Å². The van der Waals surface area contributed by atoms with Crippen molar-refractivity contribution in [3.8, 4) is 0 Å². The first-order valence-electron chi connectivity index (χ1n) is 5.95. The molecule has 0 aliphatic heterocycles. The maximum absolute atomic E-state index is 12.0. The van der Waals surface area contributed by atoms with Crippen LogP contribution in [0.5, 0.6) is 0 Å². The molecule has 0 bridgehead atoms. The van der Waals surface area contributed by atoms with Gasteiger partial charge in [0.1, 0.15) is 5.69 Å². The zero-order valence-electron chi connectivity index (χ0n) is 10.8. The molecule has 17 heavy (non-hydrogen) atoms. The van der Waals surface area contributed by atoms with Crippen LogP contribution in [0.25, 0.3) is 0 Å². The third-order valence-electron chi connectivity index (χ3n) is 2.67. The predicted molar refractivity (Wildman–Crippen MR) is 68.5 cm³/mol. The summed E-state index contributed by atoms with van der Waals surface area (Å²) in [5.41, 5.74) is 6.90. The minimum Gasteiger partial charge on any atom is -0.340 e. The molecule has 2 N–H and O–H groups in total. The number of nitrogens with two attached hydrogens (primary N) is 1. The Labute approximate surface area is 103 Å². The summed E-state index contributed by atoms with van der Waals surface area (Å²) in [5, 5.41) is 0. The number of hydrogen-bond acceptors (Lipinski definition) is 3. The van der Waals surface area contributed by atoms with E-state index in [1.54, 1.807) is 17.2 Å². The highest BCUT2D eigenvalue weighted by molar-refractivity contribution is 5.92. The fraction of sp³-hybridized carbons (Fsp3) is 0.538. The normalized spacial score (nSPS) is 10.6. The Morgan fingerprint density at radius 2 is 2.18 bits per heavy atom. The summed E-state index contributed by atoms with van der Waals surface area (Å²) >= 11 is 0. The lowest BCUT2D eigenvalue weighted by Crippen LogP contribution is -2.29. The van der Waals surface area contributed by atoms with Gasteiger partial charge < -0.3 is 10.6 Å². The van der Waals surface area contributed by atoms with E-state index in [4.69, 9.17) is 5.73 Å². The van der Waals surface area contributed by atoms with Crippen molar-refractivity contribution < 1.29 is 4.79 Å². The number of carbonyl (C=O) groups excluding carboxylic acids is 1. The molecule has 1 rings (SSSR count). The second-order valence-electron chi connectivity index (χ2n) is 4.67. The molecule has 0 aromatic carbocycles.